The largest absolute Gasteiger partial charge is 0.255 e. The maximum Gasteiger partial charge on any atom is 0.0856 e. The molecule has 4 aromatic rings. The quantitative estimate of drug-likeness (QED) is 0.400. The van der Waals surface area contributed by atoms with Gasteiger partial charge in [-0.1, -0.05) is 48.5 Å². The molecular weight excluding hydrogens is 322 g/mol. The summed E-state index contributed by atoms with van der Waals surface area (Å²) in [4.78, 5) is 4.60. The third-order valence-corrected chi connectivity index (χ3v) is 4.41. The molecule has 0 aliphatic rings. The van der Waals surface area contributed by atoms with Crippen LogP contribution in [0.5, 0.6) is 0 Å². The second-order valence-electron chi connectivity index (χ2n) is 5.03. The molecule has 0 N–H and O–H groups in total. The first kappa shape index (κ1) is 12.5. The Kier molecular flexibility index (Phi) is 2.97. The standard InChI is InChI=1S/C19H12BrN/c20-17-10-5-11-21-19(17)18-15-8-3-1-6-13(15)12-14-7-2-4-9-16(14)18/h1-12H. The summed E-state index contributed by atoms with van der Waals surface area (Å²) >= 11 is 3.64. The second kappa shape index (κ2) is 4.97. The van der Waals surface area contributed by atoms with Gasteiger partial charge in [0.1, 0.15) is 0 Å². The van der Waals surface area contributed by atoms with Crippen LogP contribution >= 0.6 is 15.9 Å². The molecule has 0 bridgehead atoms. The summed E-state index contributed by atoms with van der Waals surface area (Å²) in [6, 6.07) is 23.2. The van der Waals surface area contributed by atoms with Gasteiger partial charge in [-0.2, -0.15) is 0 Å². The third-order valence-electron chi connectivity index (χ3n) is 3.77. The summed E-state index contributed by atoms with van der Waals surface area (Å²) in [5, 5.41) is 4.94. The SMILES string of the molecule is Brc1cccnc1-c1c2ccccc2cc2ccccc12. The molecule has 1 aromatic heterocycles. The summed E-state index contributed by atoms with van der Waals surface area (Å²) < 4.78 is 1.02. The van der Waals surface area contributed by atoms with Crippen LogP contribution in [0.3, 0.4) is 0 Å². The van der Waals surface area contributed by atoms with E-state index in [0.717, 1.165) is 10.2 Å². The lowest BCUT2D eigenvalue weighted by atomic mass is 9.94. The fourth-order valence-electron chi connectivity index (χ4n) is 2.84. The minimum atomic E-state index is 0.991. The van der Waals surface area contributed by atoms with Crippen LogP contribution in [0.25, 0.3) is 32.8 Å². The normalized spacial score (nSPS) is 11.1. The number of halogens is 1. The van der Waals surface area contributed by atoms with Crippen LogP contribution in [0.4, 0.5) is 0 Å². The minimum absolute atomic E-state index is 0.991. The Labute approximate surface area is 131 Å². The fourth-order valence-corrected chi connectivity index (χ4v) is 3.29. The second-order valence-corrected chi connectivity index (χ2v) is 5.88. The van der Waals surface area contributed by atoms with Crippen LogP contribution in [0.1, 0.15) is 0 Å². The molecule has 0 aliphatic carbocycles. The van der Waals surface area contributed by atoms with E-state index < -0.39 is 0 Å². The van der Waals surface area contributed by atoms with Crippen molar-refractivity contribution in [2.45, 2.75) is 0 Å². The molecule has 1 heterocycles. The maximum absolute atomic E-state index is 4.60. The van der Waals surface area contributed by atoms with E-state index in [1.54, 1.807) is 0 Å². The lowest BCUT2D eigenvalue weighted by Gasteiger charge is -2.12. The van der Waals surface area contributed by atoms with Gasteiger partial charge in [0.15, 0.2) is 0 Å². The molecule has 0 radical (unpaired) electrons. The van der Waals surface area contributed by atoms with Crippen molar-refractivity contribution in [3.05, 3.63) is 77.4 Å². The van der Waals surface area contributed by atoms with Gasteiger partial charge in [0, 0.05) is 16.2 Å². The molecule has 0 saturated carbocycles. The predicted octanol–water partition coefficient (Wildman–Crippen LogP) is 5.82. The molecule has 21 heavy (non-hydrogen) atoms. The van der Waals surface area contributed by atoms with E-state index in [2.05, 4.69) is 75.5 Å². The van der Waals surface area contributed by atoms with Gasteiger partial charge in [0.2, 0.25) is 0 Å². The van der Waals surface area contributed by atoms with Crippen LogP contribution in [0.2, 0.25) is 0 Å². The zero-order valence-electron chi connectivity index (χ0n) is 11.3. The average Bonchev–Trinajstić information content (AvgIpc) is 2.53. The van der Waals surface area contributed by atoms with Crippen LogP contribution in [0, 0.1) is 0 Å². The van der Waals surface area contributed by atoms with Crippen LogP contribution in [0.15, 0.2) is 77.4 Å². The summed E-state index contributed by atoms with van der Waals surface area (Å²) in [6.45, 7) is 0. The average molecular weight is 334 g/mol. The molecule has 2 heteroatoms. The first-order valence-corrected chi connectivity index (χ1v) is 7.65. The Balaban J connectivity index is 2.25. The van der Waals surface area contributed by atoms with Crippen molar-refractivity contribution in [3.8, 4) is 11.3 Å². The van der Waals surface area contributed by atoms with Crippen molar-refractivity contribution in [1.82, 2.24) is 4.98 Å². The third kappa shape index (κ3) is 2.03. The highest BCUT2D eigenvalue weighted by Crippen LogP contribution is 2.38. The van der Waals surface area contributed by atoms with Crippen molar-refractivity contribution in [1.29, 1.82) is 0 Å². The van der Waals surface area contributed by atoms with E-state index >= 15 is 0 Å². The van der Waals surface area contributed by atoms with Crippen LogP contribution in [-0.2, 0) is 0 Å². The van der Waals surface area contributed by atoms with E-state index in [9.17, 15) is 0 Å². The number of hydrogen-bond acceptors (Lipinski definition) is 1. The molecular formula is C19H12BrN. The lowest BCUT2D eigenvalue weighted by molar-refractivity contribution is 1.32. The molecule has 0 aliphatic heterocycles. The number of hydrogen-bond donors (Lipinski definition) is 0. The highest BCUT2D eigenvalue weighted by Gasteiger charge is 2.12. The van der Waals surface area contributed by atoms with Crippen molar-refractivity contribution in [3.63, 3.8) is 0 Å². The number of pyridine rings is 1. The highest BCUT2D eigenvalue weighted by atomic mass is 79.9. The van der Waals surface area contributed by atoms with E-state index in [1.807, 2.05) is 18.3 Å². The molecule has 3 aromatic carbocycles. The highest BCUT2D eigenvalue weighted by molar-refractivity contribution is 9.10. The van der Waals surface area contributed by atoms with Gasteiger partial charge in [-0.3, -0.25) is 4.98 Å². The van der Waals surface area contributed by atoms with Crippen LogP contribution in [-0.4, -0.2) is 4.98 Å². The number of benzene rings is 3. The lowest BCUT2D eigenvalue weighted by Crippen LogP contribution is -1.89. The molecule has 0 fully saturated rings. The topological polar surface area (TPSA) is 12.9 Å². The fraction of sp³-hybridized carbons (Fsp3) is 0. The van der Waals surface area contributed by atoms with Crippen molar-refractivity contribution in [2.24, 2.45) is 0 Å². The first-order chi connectivity index (χ1) is 10.3. The van der Waals surface area contributed by atoms with Gasteiger partial charge >= 0.3 is 0 Å². The number of nitrogens with zero attached hydrogens (tertiary/aromatic N) is 1. The Morgan fingerprint density at radius 2 is 1.33 bits per heavy atom. The molecule has 0 amide bonds. The molecule has 0 atom stereocenters. The molecule has 0 saturated heterocycles. The number of rotatable bonds is 1. The molecule has 100 valence electrons. The molecule has 0 unspecified atom stereocenters. The number of fused-ring (bicyclic) bond motifs is 2. The molecule has 1 nitrogen and oxygen atoms in total. The van der Waals surface area contributed by atoms with Gasteiger partial charge in [-0.15, -0.1) is 0 Å². The smallest absolute Gasteiger partial charge is 0.0856 e. The van der Waals surface area contributed by atoms with Gasteiger partial charge in [0.05, 0.1) is 5.69 Å². The minimum Gasteiger partial charge on any atom is -0.255 e. The predicted molar refractivity (Wildman–Crippen MR) is 92.4 cm³/mol. The summed E-state index contributed by atoms with van der Waals surface area (Å²) in [5.74, 6) is 0. The monoisotopic (exact) mass is 333 g/mol. The Morgan fingerprint density at radius 3 is 1.95 bits per heavy atom. The Bertz CT molecular complexity index is 906. The van der Waals surface area contributed by atoms with E-state index in [1.165, 1.54) is 27.1 Å². The zero-order chi connectivity index (χ0) is 14.2. The van der Waals surface area contributed by atoms with Gasteiger partial charge in [-0.05, 0) is 55.7 Å². The van der Waals surface area contributed by atoms with Crippen molar-refractivity contribution < 1.29 is 0 Å². The van der Waals surface area contributed by atoms with E-state index in [4.69, 9.17) is 0 Å². The van der Waals surface area contributed by atoms with Crippen molar-refractivity contribution in [2.75, 3.05) is 0 Å². The zero-order valence-corrected chi connectivity index (χ0v) is 12.8. The van der Waals surface area contributed by atoms with E-state index in [0.29, 0.717) is 0 Å². The first-order valence-electron chi connectivity index (χ1n) is 6.86. The summed E-state index contributed by atoms with van der Waals surface area (Å²) in [7, 11) is 0. The summed E-state index contributed by atoms with van der Waals surface area (Å²) in [5.41, 5.74) is 2.18. The Morgan fingerprint density at radius 1 is 0.714 bits per heavy atom. The van der Waals surface area contributed by atoms with Gasteiger partial charge in [0.25, 0.3) is 0 Å². The summed E-state index contributed by atoms with van der Waals surface area (Å²) in [6.07, 6.45) is 1.84. The van der Waals surface area contributed by atoms with Crippen LogP contribution < -0.4 is 0 Å². The van der Waals surface area contributed by atoms with E-state index in [-0.39, 0.29) is 0 Å². The number of aromatic nitrogens is 1. The maximum atomic E-state index is 4.60. The molecule has 0 spiro atoms. The van der Waals surface area contributed by atoms with Crippen molar-refractivity contribution >= 4 is 37.5 Å². The Hall–Kier alpha value is -2.19. The van der Waals surface area contributed by atoms with Gasteiger partial charge in [-0.25, -0.2) is 0 Å². The molecule has 4 rings (SSSR count). The van der Waals surface area contributed by atoms with Gasteiger partial charge < -0.3 is 0 Å².